The number of aryl methyl sites for hydroxylation is 1. The van der Waals surface area contributed by atoms with Crippen molar-refractivity contribution < 1.29 is 37.8 Å². The molecule has 0 aromatic carbocycles. The number of furan rings is 1. The van der Waals surface area contributed by atoms with E-state index in [0.29, 0.717) is 24.8 Å². The molecule has 5 rings (SSSR count). The molecule has 3 heterocycles. The number of ether oxygens (including phenoxy) is 3. The molecule has 2 aromatic heterocycles. The first kappa shape index (κ1) is 24.9. The Morgan fingerprint density at radius 3 is 2.57 bits per heavy atom. The van der Waals surface area contributed by atoms with E-state index in [9.17, 15) is 19.2 Å². The first-order valence-corrected chi connectivity index (χ1v) is 12.3. The Balaban J connectivity index is 1.56. The number of carbonyl (C=O) groups is 4. The van der Waals surface area contributed by atoms with E-state index in [2.05, 4.69) is 4.98 Å². The predicted molar refractivity (Wildman–Crippen MR) is 128 cm³/mol. The van der Waals surface area contributed by atoms with E-state index in [1.165, 1.54) is 31.9 Å². The van der Waals surface area contributed by atoms with Crippen LogP contribution in [0.15, 0.2) is 53.2 Å². The number of nitrogens with zero attached hydrogens (tertiary/aromatic N) is 1. The Kier molecular flexibility index (Phi) is 6.04. The normalized spacial score (nSPS) is 32.9. The van der Waals surface area contributed by atoms with Crippen LogP contribution in [0.3, 0.4) is 0 Å². The molecule has 37 heavy (non-hydrogen) atoms. The molecule has 1 aliphatic heterocycles. The topological polar surface area (TPSA) is 122 Å². The largest absolute Gasteiger partial charge is 0.472 e. The summed E-state index contributed by atoms with van der Waals surface area (Å²) >= 11 is 0. The zero-order chi connectivity index (χ0) is 26.5. The van der Waals surface area contributed by atoms with E-state index in [1.807, 2.05) is 13.8 Å². The Morgan fingerprint density at radius 1 is 1.14 bits per heavy atom. The first-order valence-electron chi connectivity index (χ1n) is 12.3. The lowest BCUT2D eigenvalue weighted by atomic mass is 9.44. The van der Waals surface area contributed by atoms with Gasteiger partial charge in [0.15, 0.2) is 5.76 Å². The molecule has 6 atom stereocenters. The molecule has 0 N–H and O–H groups in total. The number of cyclic esters (lactones) is 1. The third-order valence-corrected chi connectivity index (χ3v) is 8.51. The number of carbonyl (C=O) groups excluding carboxylic acids is 4. The monoisotopic (exact) mass is 507 g/mol. The molecule has 9 heteroatoms. The van der Waals surface area contributed by atoms with Gasteiger partial charge < -0.3 is 18.6 Å². The van der Waals surface area contributed by atoms with Gasteiger partial charge in [-0.25, -0.2) is 4.79 Å². The molecule has 3 aliphatic rings. The average molecular weight is 508 g/mol. The predicted octanol–water partition coefficient (Wildman–Crippen LogP) is 4.12. The van der Waals surface area contributed by atoms with E-state index in [0.717, 1.165) is 5.69 Å². The number of aromatic nitrogens is 1. The molecular weight excluding hydrogens is 478 g/mol. The van der Waals surface area contributed by atoms with Crippen molar-refractivity contribution in [3.63, 3.8) is 0 Å². The fourth-order valence-corrected chi connectivity index (χ4v) is 6.63. The minimum atomic E-state index is -0.870. The number of esters is 3. The third kappa shape index (κ3) is 3.97. The quantitative estimate of drug-likeness (QED) is 0.444. The molecule has 0 amide bonds. The molecule has 194 valence electrons. The van der Waals surface area contributed by atoms with Gasteiger partial charge in [-0.3, -0.25) is 19.4 Å². The lowest BCUT2D eigenvalue weighted by Gasteiger charge is -2.59. The second-order valence-corrected chi connectivity index (χ2v) is 10.7. The maximum atomic E-state index is 14.1. The summed E-state index contributed by atoms with van der Waals surface area (Å²) in [5.41, 5.74) is -0.123. The molecule has 0 radical (unpaired) electrons. The lowest BCUT2D eigenvalue weighted by Crippen LogP contribution is -2.61. The van der Waals surface area contributed by atoms with Crippen LogP contribution >= 0.6 is 0 Å². The fourth-order valence-electron chi connectivity index (χ4n) is 6.63. The highest BCUT2D eigenvalue weighted by Crippen LogP contribution is 2.64. The van der Waals surface area contributed by atoms with Crippen molar-refractivity contribution in [2.24, 2.45) is 28.6 Å². The molecule has 2 fully saturated rings. The Hall–Kier alpha value is -3.75. The van der Waals surface area contributed by atoms with Crippen LogP contribution < -0.4 is 0 Å². The van der Waals surface area contributed by atoms with Crippen molar-refractivity contribution in [1.29, 1.82) is 0 Å². The molecule has 0 unspecified atom stereocenters. The highest BCUT2D eigenvalue weighted by Gasteiger charge is 2.66. The molecule has 9 nitrogen and oxygen atoms in total. The van der Waals surface area contributed by atoms with E-state index >= 15 is 0 Å². The number of methoxy groups -OCH3 is 1. The third-order valence-electron chi connectivity index (χ3n) is 8.51. The smallest absolute Gasteiger partial charge is 0.345 e. The number of Topliss-reactive ketones (excluding diaryl/α,β-unsaturated/α-hetero) is 1. The summed E-state index contributed by atoms with van der Waals surface area (Å²) < 4.78 is 21.7. The first-order chi connectivity index (χ1) is 17.6. The summed E-state index contributed by atoms with van der Waals surface area (Å²) in [5, 5.41) is 0. The summed E-state index contributed by atoms with van der Waals surface area (Å²) in [7, 11) is 1.29. The number of hydrogen-bond donors (Lipinski definition) is 0. The fraction of sp³-hybridized carbons (Fsp3) is 0.464. The van der Waals surface area contributed by atoms with Crippen LogP contribution in [-0.2, 0) is 28.6 Å². The standard InChI is InChI=1S/C28H29NO8/c1-15-5-6-16(13-29-15)24(31)36-20-11-19(25(32)34-4)27(2)9-7-18-26(33)37-21(17-8-10-35-14-17)12-28(18,3)23(27)22(20)30/h5-6,8,10-11,13-14,18-19,21,23H,7,9,12H2,1-4H3/t18-,19-,21-,23-,27-,28-/m0/s1. The molecule has 0 bridgehead atoms. The number of ketones is 1. The van der Waals surface area contributed by atoms with Gasteiger partial charge >= 0.3 is 17.9 Å². The van der Waals surface area contributed by atoms with Crippen LogP contribution in [0, 0.1) is 35.5 Å². The second-order valence-electron chi connectivity index (χ2n) is 10.7. The highest BCUT2D eigenvalue weighted by molar-refractivity contribution is 6.03. The van der Waals surface area contributed by atoms with Crippen molar-refractivity contribution in [2.45, 2.75) is 46.1 Å². The number of rotatable bonds is 4. The molecule has 2 aromatic rings. The van der Waals surface area contributed by atoms with Gasteiger partial charge in [-0.1, -0.05) is 13.8 Å². The van der Waals surface area contributed by atoms with Crippen molar-refractivity contribution in [1.82, 2.24) is 4.98 Å². The average Bonchev–Trinajstić information content (AvgIpc) is 3.40. The van der Waals surface area contributed by atoms with Crippen molar-refractivity contribution in [3.05, 3.63) is 65.6 Å². The summed E-state index contributed by atoms with van der Waals surface area (Å²) in [6.45, 7) is 5.56. The van der Waals surface area contributed by atoms with Crippen LogP contribution in [0.1, 0.15) is 60.8 Å². The van der Waals surface area contributed by atoms with Crippen LogP contribution in [0.2, 0.25) is 0 Å². The molecule has 1 saturated heterocycles. The van der Waals surface area contributed by atoms with E-state index in [1.54, 1.807) is 25.1 Å². The number of hydrogen-bond acceptors (Lipinski definition) is 9. The van der Waals surface area contributed by atoms with Crippen molar-refractivity contribution >= 4 is 23.7 Å². The number of allylic oxidation sites excluding steroid dienone is 1. The van der Waals surface area contributed by atoms with Gasteiger partial charge in [0.25, 0.3) is 0 Å². The van der Waals surface area contributed by atoms with Gasteiger partial charge in [0.1, 0.15) is 6.10 Å². The van der Waals surface area contributed by atoms with Gasteiger partial charge in [-0.15, -0.1) is 0 Å². The minimum absolute atomic E-state index is 0.177. The molecular formula is C28H29NO8. The van der Waals surface area contributed by atoms with Gasteiger partial charge in [0.2, 0.25) is 5.78 Å². The number of fused-ring (bicyclic) bond motifs is 3. The van der Waals surface area contributed by atoms with E-state index in [4.69, 9.17) is 18.6 Å². The Bertz CT molecular complexity index is 1280. The van der Waals surface area contributed by atoms with Crippen molar-refractivity contribution in [3.8, 4) is 0 Å². The summed E-state index contributed by atoms with van der Waals surface area (Å²) in [6.07, 6.45) is 6.43. The summed E-state index contributed by atoms with van der Waals surface area (Å²) in [6, 6.07) is 4.95. The van der Waals surface area contributed by atoms with Gasteiger partial charge in [-0.05, 0) is 61.3 Å². The zero-order valence-electron chi connectivity index (χ0n) is 21.2. The zero-order valence-corrected chi connectivity index (χ0v) is 21.2. The molecule has 2 aliphatic carbocycles. The maximum Gasteiger partial charge on any atom is 0.345 e. The Labute approximate surface area is 214 Å². The van der Waals surface area contributed by atoms with E-state index < -0.39 is 52.4 Å². The number of pyridine rings is 1. The van der Waals surface area contributed by atoms with Gasteiger partial charge in [-0.2, -0.15) is 0 Å². The van der Waals surface area contributed by atoms with Gasteiger partial charge in [0, 0.05) is 23.4 Å². The van der Waals surface area contributed by atoms with Crippen LogP contribution in [-0.4, -0.2) is 35.8 Å². The molecule has 1 saturated carbocycles. The highest BCUT2D eigenvalue weighted by atomic mass is 16.6. The van der Waals surface area contributed by atoms with Crippen molar-refractivity contribution in [2.75, 3.05) is 7.11 Å². The van der Waals surface area contributed by atoms with Crippen LogP contribution in [0.25, 0.3) is 0 Å². The molecule has 0 spiro atoms. The Morgan fingerprint density at radius 2 is 1.92 bits per heavy atom. The summed E-state index contributed by atoms with van der Waals surface area (Å²) in [5.74, 6) is -4.49. The van der Waals surface area contributed by atoms with E-state index in [-0.39, 0.29) is 17.3 Å². The minimum Gasteiger partial charge on any atom is -0.472 e. The lowest BCUT2D eigenvalue weighted by molar-refractivity contribution is -0.197. The van der Waals surface area contributed by atoms with Gasteiger partial charge in [0.05, 0.1) is 37.0 Å². The van der Waals surface area contributed by atoms with Crippen LogP contribution in [0.5, 0.6) is 0 Å². The van der Waals surface area contributed by atoms with Crippen LogP contribution in [0.4, 0.5) is 0 Å². The maximum absolute atomic E-state index is 14.1. The second kappa shape index (κ2) is 8.97. The summed E-state index contributed by atoms with van der Waals surface area (Å²) in [4.78, 5) is 57.4. The SMILES string of the molecule is COC(=O)[C@@H]1C=C(OC(=O)c2ccc(C)nc2)C(=O)[C@H]2[C@@]1(C)CC[C@H]1C(=O)O[C@H](c3ccoc3)C[C@]21C.